The van der Waals surface area contributed by atoms with Crippen LogP contribution in [0.25, 0.3) is 0 Å². The molecule has 2 aliphatic rings. The van der Waals surface area contributed by atoms with Crippen LogP contribution in [0.4, 0.5) is 0 Å². The number of ether oxygens (including phenoxy) is 1. The van der Waals surface area contributed by atoms with Gasteiger partial charge in [-0.05, 0) is 12.2 Å². The van der Waals surface area contributed by atoms with Crippen LogP contribution in [0.15, 0.2) is 53.7 Å². The van der Waals surface area contributed by atoms with Gasteiger partial charge in [-0.25, -0.2) is 4.99 Å². The fourth-order valence-electron chi connectivity index (χ4n) is 1.81. The highest BCUT2D eigenvalue weighted by molar-refractivity contribution is 5.86. The molecule has 1 aromatic carbocycles. The molecule has 2 nitrogen and oxygen atoms in total. The van der Waals surface area contributed by atoms with Gasteiger partial charge in [0.25, 0.3) is 0 Å². The molecule has 2 aliphatic heterocycles. The third-order valence-electron chi connectivity index (χ3n) is 2.50. The van der Waals surface area contributed by atoms with Crippen LogP contribution in [0.1, 0.15) is 11.1 Å². The molecule has 1 unspecified atom stereocenters. The van der Waals surface area contributed by atoms with Crippen molar-refractivity contribution in [1.82, 2.24) is 0 Å². The molecule has 0 amide bonds. The van der Waals surface area contributed by atoms with Gasteiger partial charge in [-0.1, -0.05) is 30.3 Å². The Morgan fingerprint density at radius 2 is 2.07 bits per heavy atom. The Hall–Kier alpha value is -1.83. The van der Waals surface area contributed by atoms with E-state index in [0.717, 1.165) is 11.1 Å². The van der Waals surface area contributed by atoms with Crippen molar-refractivity contribution in [3.63, 3.8) is 0 Å². The molecule has 0 aromatic heterocycles. The molecule has 2 heterocycles. The highest BCUT2D eigenvalue weighted by atomic mass is 16.5. The molecule has 1 atom stereocenters. The van der Waals surface area contributed by atoms with Crippen molar-refractivity contribution in [2.75, 3.05) is 0 Å². The molecule has 0 aliphatic carbocycles. The lowest BCUT2D eigenvalue weighted by molar-refractivity contribution is 0.0752. The summed E-state index contributed by atoms with van der Waals surface area (Å²) in [5.74, 6) is 0. The lowest BCUT2D eigenvalue weighted by Crippen LogP contribution is -2.21. The van der Waals surface area contributed by atoms with E-state index in [1.54, 1.807) is 6.26 Å². The van der Waals surface area contributed by atoms with E-state index in [0.29, 0.717) is 0 Å². The van der Waals surface area contributed by atoms with Crippen molar-refractivity contribution < 1.29 is 4.74 Å². The smallest absolute Gasteiger partial charge is 0.245 e. The first-order chi connectivity index (χ1) is 6.91. The number of hydrogen-bond donors (Lipinski definition) is 0. The third-order valence-corrected chi connectivity index (χ3v) is 2.50. The van der Waals surface area contributed by atoms with E-state index in [1.807, 2.05) is 48.7 Å². The van der Waals surface area contributed by atoms with Gasteiger partial charge in [-0.15, -0.1) is 0 Å². The molecule has 1 spiro atoms. The van der Waals surface area contributed by atoms with Gasteiger partial charge >= 0.3 is 0 Å². The van der Waals surface area contributed by atoms with Crippen LogP contribution in [-0.4, -0.2) is 6.21 Å². The van der Waals surface area contributed by atoms with Gasteiger partial charge in [-0.2, -0.15) is 0 Å². The topological polar surface area (TPSA) is 21.6 Å². The largest absolute Gasteiger partial charge is 0.466 e. The van der Waals surface area contributed by atoms with E-state index in [9.17, 15) is 0 Å². The Labute approximate surface area is 82.2 Å². The minimum absolute atomic E-state index is 0.592. The maximum atomic E-state index is 5.59. The summed E-state index contributed by atoms with van der Waals surface area (Å²) < 4.78 is 5.59. The van der Waals surface area contributed by atoms with Crippen molar-refractivity contribution in [2.24, 2.45) is 4.99 Å². The third kappa shape index (κ3) is 0.880. The highest BCUT2D eigenvalue weighted by Crippen LogP contribution is 2.37. The monoisotopic (exact) mass is 183 g/mol. The molecule has 2 heteroatoms. The first-order valence-electron chi connectivity index (χ1n) is 4.58. The van der Waals surface area contributed by atoms with Crippen molar-refractivity contribution in [3.8, 4) is 0 Å². The molecule has 0 N–H and O–H groups in total. The average Bonchev–Trinajstić information content (AvgIpc) is 2.60. The first kappa shape index (κ1) is 7.56. The Morgan fingerprint density at radius 3 is 2.93 bits per heavy atom. The Balaban J connectivity index is 2.18. The molecular weight excluding hydrogens is 174 g/mol. The average molecular weight is 183 g/mol. The number of nitrogens with zero attached hydrogens (tertiary/aromatic N) is 1. The molecule has 0 saturated heterocycles. The number of rotatable bonds is 0. The van der Waals surface area contributed by atoms with Gasteiger partial charge in [0.05, 0.1) is 6.26 Å². The van der Waals surface area contributed by atoms with Crippen LogP contribution in [-0.2, 0) is 10.5 Å². The zero-order valence-corrected chi connectivity index (χ0v) is 7.55. The van der Waals surface area contributed by atoms with Crippen LogP contribution in [0.2, 0.25) is 0 Å². The second-order valence-corrected chi connectivity index (χ2v) is 3.35. The molecule has 1 aromatic rings. The summed E-state index contributed by atoms with van der Waals surface area (Å²) in [6.45, 7) is 0. The summed E-state index contributed by atoms with van der Waals surface area (Å²) in [5.41, 5.74) is 1.65. The second-order valence-electron chi connectivity index (χ2n) is 3.35. The van der Waals surface area contributed by atoms with Crippen molar-refractivity contribution in [1.29, 1.82) is 0 Å². The normalized spacial score (nSPS) is 26.6. The fraction of sp³-hybridized carbons (Fsp3) is 0.0833. The summed E-state index contributed by atoms with van der Waals surface area (Å²) in [4.78, 5) is 4.41. The van der Waals surface area contributed by atoms with E-state index < -0.39 is 5.72 Å². The Kier molecular flexibility index (Phi) is 1.39. The van der Waals surface area contributed by atoms with Crippen LogP contribution in [0.5, 0.6) is 0 Å². The van der Waals surface area contributed by atoms with Gasteiger partial charge in [0.15, 0.2) is 0 Å². The first-order valence-corrected chi connectivity index (χ1v) is 4.58. The minimum atomic E-state index is -0.592. The predicted octanol–water partition coefficient (Wildman–Crippen LogP) is 2.37. The van der Waals surface area contributed by atoms with E-state index >= 15 is 0 Å². The number of hydrogen-bond acceptors (Lipinski definition) is 2. The van der Waals surface area contributed by atoms with E-state index in [2.05, 4.69) is 4.99 Å². The van der Waals surface area contributed by atoms with Crippen molar-refractivity contribution >= 4 is 6.21 Å². The standard InChI is InChI=1S/C12H9NO/c1-2-6-11-10(5-1)9-13-12(11)7-3-4-8-14-12/h1-9H. The predicted molar refractivity (Wildman–Crippen MR) is 55.1 cm³/mol. The number of allylic oxidation sites excluding steroid dienone is 2. The molecule has 0 saturated carbocycles. The van der Waals surface area contributed by atoms with Gasteiger partial charge in [0.1, 0.15) is 0 Å². The summed E-state index contributed by atoms with van der Waals surface area (Å²) in [6, 6.07) is 8.10. The lowest BCUT2D eigenvalue weighted by Gasteiger charge is -2.25. The van der Waals surface area contributed by atoms with Gasteiger partial charge in [0.2, 0.25) is 5.72 Å². The number of benzene rings is 1. The minimum Gasteiger partial charge on any atom is -0.466 e. The van der Waals surface area contributed by atoms with Crippen molar-refractivity contribution in [2.45, 2.75) is 5.72 Å². The molecule has 68 valence electrons. The molecule has 14 heavy (non-hydrogen) atoms. The van der Waals surface area contributed by atoms with E-state index in [1.165, 1.54) is 0 Å². The maximum absolute atomic E-state index is 5.59. The lowest BCUT2D eigenvalue weighted by atomic mass is 10.00. The summed E-state index contributed by atoms with van der Waals surface area (Å²) >= 11 is 0. The SMILES string of the molecule is C1=COC2(C=C1)N=Cc1ccccc12. The maximum Gasteiger partial charge on any atom is 0.245 e. The molecule has 3 rings (SSSR count). The molecule has 0 bridgehead atoms. The van der Waals surface area contributed by atoms with Gasteiger partial charge in [-0.3, -0.25) is 0 Å². The Bertz CT molecular complexity index is 459. The van der Waals surface area contributed by atoms with Crippen LogP contribution >= 0.6 is 0 Å². The summed E-state index contributed by atoms with van der Waals surface area (Å²) in [6.07, 6.45) is 9.33. The van der Waals surface area contributed by atoms with Crippen LogP contribution in [0, 0.1) is 0 Å². The number of fused-ring (bicyclic) bond motifs is 2. The molecule has 0 fully saturated rings. The second kappa shape index (κ2) is 2.58. The van der Waals surface area contributed by atoms with Gasteiger partial charge in [0, 0.05) is 17.3 Å². The quantitative estimate of drug-likeness (QED) is 0.605. The summed E-state index contributed by atoms with van der Waals surface area (Å²) in [5, 5.41) is 0. The zero-order chi connectivity index (χ0) is 9.43. The molecule has 0 radical (unpaired) electrons. The summed E-state index contributed by atoms with van der Waals surface area (Å²) in [7, 11) is 0. The Morgan fingerprint density at radius 1 is 1.14 bits per heavy atom. The molecular formula is C12H9NO. The van der Waals surface area contributed by atoms with E-state index in [-0.39, 0.29) is 0 Å². The van der Waals surface area contributed by atoms with Gasteiger partial charge < -0.3 is 4.74 Å². The zero-order valence-electron chi connectivity index (χ0n) is 7.55. The fourth-order valence-corrected chi connectivity index (χ4v) is 1.81. The number of aliphatic imine (C=N–C) groups is 1. The van der Waals surface area contributed by atoms with E-state index in [4.69, 9.17) is 4.74 Å². The van der Waals surface area contributed by atoms with Crippen LogP contribution in [0.3, 0.4) is 0 Å². The van der Waals surface area contributed by atoms with Crippen LogP contribution < -0.4 is 0 Å². The highest BCUT2D eigenvalue weighted by Gasteiger charge is 2.35. The van der Waals surface area contributed by atoms with Crippen molar-refractivity contribution in [3.05, 3.63) is 59.9 Å².